The number of carbonyl (C=O) groups excluding carboxylic acids is 2. The van der Waals surface area contributed by atoms with Gasteiger partial charge in [0, 0.05) is 35.5 Å². The van der Waals surface area contributed by atoms with Crippen LogP contribution >= 0.6 is 0 Å². The second-order valence-corrected chi connectivity index (χ2v) is 8.62. The van der Waals surface area contributed by atoms with Crippen molar-refractivity contribution in [2.45, 2.75) is 31.6 Å². The first kappa shape index (κ1) is 22.1. The highest BCUT2D eigenvalue weighted by Gasteiger charge is 2.16. The highest BCUT2D eigenvalue weighted by molar-refractivity contribution is 7.92. The lowest BCUT2D eigenvalue weighted by Crippen LogP contribution is -2.16. The maximum Gasteiger partial charge on any atom is 0.264 e. The van der Waals surface area contributed by atoms with Crippen LogP contribution in [0.15, 0.2) is 65.6 Å². The van der Waals surface area contributed by atoms with Gasteiger partial charge in [-0.3, -0.25) is 9.59 Å². The number of hydrogen-bond acceptors (Lipinski definition) is 6. The van der Waals surface area contributed by atoms with E-state index in [0.29, 0.717) is 22.6 Å². The van der Waals surface area contributed by atoms with Crippen molar-refractivity contribution in [1.29, 1.82) is 0 Å². The molecule has 31 heavy (non-hydrogen) atoms. The van der Waals surface area contributed by atoms with Gasteiger partial charge in [0.05, 0.1) is 4.90 Å². The molecular weight excluding hydrogens is 416 g/mol. The molecule has 8 nitrogen and oxygen atoms in total. The number of anilines is 2. The van der Waals surface area contributed by atoms with Crippen LogP contribution < -0.4 is 10.0 Å². The maximum absolute atomic E-state index is 12.6. The van der Waals surface area contributed by atoms with Gasteiger partial charge in [-0.05, 0) is 44.2 Å². The molecule has 0 saturated carbocycles. The standard InChI is InChI=1S/C22H22N4O4S/c1-15-14-16(2)24-22(23-15)26-31(29,30)19-10-8-18(9-11-19)25-21(28)13-12-20(27)17-6-4-3-5-7-17/h3-11,14H,12-13H2,1-2H3,(H,25,28)(H,23,24,26). The Morgan fingerprint density at radius 2 is 1.48 bits per heavy atom. The predicted octanol–water partition coefficient (Wildman–Crippen LogP) is 3.50. The zero-order valence-electron chi connectivity index (χ0n) is 17.1. The molecule has 0 saturated heterocycles. The van der Waals surface area contributed by atoms with Gasteiger partial charge in [-0.2, -0.15) is 0 Å². The topological polar surface area (TPSA) is 118 Å². The monoisotopic (exact) mass is 438 g/mol. The lowest BCUT2D eigenvalue weighted by atomic mass is 10.1. The van der Waals surface area contributed by atoms with Gasteiger partial charge >= 0.3 is 0 Å². The minimum Gasteiger partial charge on any atom is -0.326 e. The van der Waals surface area contributed by atoms with Crippen LogP contribution in [0.1, 0.15) is 34.6 Å². The Labute approximate surface area is 180 Å². The highest BCUT2D eigenvalue weighted by atomic mass is 32.2. The van der Waals surface area contributed by atoms with Crippen LogP contribution in [0.25, 0.3) is 0 Å². The van der Waals surface area contributed by atoms with Crippen molar-refractivity contribution in [3.63, 3.8) is 0 Å². The Hall–Kier alpha value is -3.59. The molecule has 2 N–H and O–H groups in total. The normalized spacial score (nSPS) is 11.0. The molecule has 0 radical (unpaired) electrons. The Morgan fingerprint density at radius 3 is 2.10 bits per heavy atom. The highest BCUT2D eigenvalue weighted by Crippen LogP contribution is 2.17. The first-order valence-electron chi connectivity index (χ1n) is 9.56. The molecule has 160 valence electrons. The van der Waals surface area contributed by atoms with Crippen LogP contribution in [0.3, 0.4) is 0 Å². The number of Topliss-reactive ketones (excluding diaryl/α,β-unsaturated/α-hetero) is 1. The summed E-state index contributed by atoms with van der Waals surface area (Å²) in [4.78, 5) is 32.4. The van der Waals surface area contributed by atoms with Gasteiger partial charge in [-0.15, -0.1) is 0 Å². The first-order chi connectivity index (χ1) is 14.7. The average Bonchev–Trinajstić information content (AvgIpc) is 2.72. The minimum atomic E-state index is -3.88. The van der Waals surface area contributed by atoms with E-state index in [2.05, 4.69) is 20.0 Å². The number of nitrogens with zero attached hydrogens (tertiary/aromatic N) is 2. The fourth-order valence-corrected chi connectivity index (χ4v) is 3.83. The molecule has 2 aromatic carbocycles. The second-order valence-electron chi connectivity index (χ2n) is 6.94. The number of hydrogen-bond donors (Lipinski definition) is 2. The number of amides is 1. The quantitative estimate of drug-likeness (QED) is 0.520. The van der Waals surface area contributed by atoms with Gasteiger partial charge in [0.1, 0.15) is 0 Å². The molecule has 0 fully saturated rings. The van der Waals surface area contributed by atoms with Crippen molar-refractivity contribution >= 4 is 33.3 Å². The largest absolute Gasteiger partial charge is 0.326 e. The van der Waals surface area contributed by atoms with E-state index in [1.807, 2.05) is 6.07 Å². The summed E-state index contributed by atoms with van der Waals surface area (Å²) >= 11 is 0. The maximum atomic E-state index is 12.6. The summed E-state index contributed by atoms with van der Waals surface area (Å²) in [5, 5.41) is 2.66. The first-order valence-corrected chi connectivity index (χ1v) is 11.0. The fraction of sp³-hybridized carbons (Fsp3) is 0.182. The molecule has 9 heteroatoms. The summed E-state index contributed by atoms with van der Waals surface area (Å²) in [7, 11) is -3.88. The van der Waals surface area contributed by atoms with Crippen molar-refractivity contribution < 1.29 is 18.0 Å². The van der Waals surface area contributed by atoms with Gasteiger partial charge in [0.15, 0.2) is 5.78 Å². The van der Waals surface area contributed by atoms with Crippen molar-refractivity contribution in [2.24, 2.45) is 0 Å². The van der Waals surface area contributed by atoms with Crippen LogP contribution in [0.4, 0.5) is 11.6 Å². The van der Waals surface area contributed by atoms with Gasteiger partial charge < -0.3 is 5.32 Å². The SMILES string of the molecule is Cc1cc(C)nc(NS(=O)(=O)c2ccc(NC(=O)CCC(=O)c3ccccc3)cc2)n1. The molecule has 0 spiro atoms. The number of carbonyl (C=O) groups is 2. The van der Waals surface area contributed by atoms with Crippen LogP contribution in [0, 0.1) is 13.8 Å². The fourth-order valence-electron chi connectivity index (χ4n) is 2.89. The Balaban J connectivity index is 1.59. The van der Waals surface area contributed by atoms with E-state index in [0.717, 1.165) is 0 Å². The van der Waals surface area contributed by atoms with Gasteiger partial charge in [-0.25, -0.2) is 23.1 Å². The number of benzene rings is 2. The van der Waals surface area contributed by atoms with E-state index < -0.39 is 10.0 Å². The van der Waals surface area contributed by atoms with Crippen LogP contribution in [0.2, 0.25) is 0 Å². The molecule has 0 atom stereocenters. The van der Waals surface area contributed by atoms with Crippen molar-refractivity contribution in [3.05, 3.63) is 77.6 Å². The number of sulfonamides is 1. The van der Waals surface area contributed by atoms with Crippen molar-refractivity contribution in [3.8, 4) is 0 Å². The summed E-state index contributed by atoms with van der Waals surface area (Å²) in [6.07, 6.45) is 0.113. The van der Waals surface area contributed by atoms with E-state index in [1.54, 1.807) is 44.2 Å². The number of aromatic nitrogens is 2. The van der Waals surface area contributed by atoms with Crippen molar-refractivity contribution in [2.75, 3.05) is 10.0 Å². The van der Waals surface area contributed by atoms with Gasteiger partial charge in [0.2, 0.25) is 11.9 Å². The Morgan fingerprint density at radius 1 is 0.871 bits per heavy atom. The van der Waals surface area contributed by atoms with E-state index >= 15 is 0 Å². The van der Waals surface area contributed by atoms with E-state index in [1.165, 1.54) is 24.3 Å². The summed E-state index contributed by atoms with van der Waals surface area (Å²) in [5.41, 5.74) is 2.28. The van der Waals surface area contributed by atoms with Crippen LogP contribution in [-0.4, -0.2) is 30.1 Å². The molecular formula is C22H22N4O4S. The van der Waals surface area contributed by atoms with Crippen LogP contribution in [0.5, 0.6) is 0 Å². The molecule has 1 amide bonds. The lowest BCUT2D eigenvalue weighted by molar-refractivity contribution is -0.116. The molecule has 0 aliphatic heterocycles. The Bertz CT molecular complexity index is 1170. The molecule has 0 bridgehead atoms. The van der Waals surface area contributed by atoms with Crippen molar-refractivity contribution in [1.82, 2.24) is 9.97 Å². The summed E-state index contributed by atoms with van der Waals surface area (Å²) in [6.45, 7) is 3.49. The van der Waals surface area contributed by atoms with E-state index in [-0.39, 0.29) is 35.4 Å². The molecule has 3 rings (SSSR count). The van der Waals surface area contributed by atoms with Gasteiger partial charge in [0.25, 0.3) is 10.0 Å². The summed E-state index contributed by atoms with van der Waals surface area (Å²) < 4.78 is 27.5. The second kappa shape index (κ2) is 9.48. The zero-order chi connectivity index (χ0) is 22.4. The number of aryl methyl sites for hydroxylation is 2. The number of ketones is 1. The van der Waals surface area contributed by atoms with Crippen LogP contribution in [-0.2, 0) is 14.8 Å². The average molecular weight is 439 g/mol. The third kappa shape index (κ3) is 6.19. The number of nitrogens with one attached hydrogen (secondary N) is 2. The Kier molecular flexibility index (Phi) is 6.76. The molecule has 0 unspecified atom stereocenters. The minimum absolute atomic E-state index is 0.00189. The summed E-state index contributed by atoms with van der Waals surface area (Å²) in [6, 6.07) is 16.2. The predicted molar refractivity (Wildman–Crippen MR) is 117 cm³/mol. The number of rotatable bonds is 8. The molecule has 0 aliphatic carbocycles. The smallest absolute Gasteiger partial charge is 0.264 e. The zero-order valence-corrected chi connectivity index (χ0v) is 17.9. The van der Waals surface area contributed by atoms with E-state index in [4.69, 9.17) is 0 Å². The third-order valence-electron chi connectivity index (χ3n) is 4.33. The lowest BCUT2D eigenvalue weighted by Gasteiger charge is -2.09. The van der Waals surface area contributed by atoms with E-state index in [9.17, 15) is 18.0 Å². The molecule has 0 aliphatic rings. The van der Waals surface area contributed by atoms with Gasteiger partial charge in [-0.1, -0.05) is 30.3 Å². The summed E-state index contributed by atoms with van der Waals surface area (Å²) in [5.74, 6) is -0.448. The molecule has 3 aromatic rings. The molecule has 1 heterocycles. The third-order valence-corrected chi connectivity index (χ3v) is 5.68. The molecule has 1 aromatic heterocycles.